The van der Waals surface area contributed by atoms with Crippen molar-refractivity contribution in [3.63, 3.8) is 0 Å². The van der Waals surface area contributed by atoms with Crippen molar-refractivity contribution in [2.24, 2.45) is 0 Å². The van der Waals surface area contributed by atoms with Crippen LogP contribution in [0, 0.1) is 6.92 Å². The van der Waals surface area contributed by atoms with Gasteiger partial charge in [0.2, 0.25) is 5.91 Å². The number of rotatable bonds is 8. The van der Waals surface area contributed by atoms with Crippen molar-refractivity contribution in [1.82, 2.24) is 15.2 Å². The van der Waals surface area contributed by atoms with Gasteiger partial charge in [0.15, 0.2) is 5.16 Å². The molecule has 1 aromatic heterocycles. The Bertz CT molecular complexity index is 1030. The smallest absolute Gasteiger partial charge is 0.273 e. The van der Waals surface area contributed by atoms with Crippen molar-refractivity contribution in [3.05, 3.63) is 75.7 Å². The van der Waals surface area contributed by atoms with E-state index in [1.54, 1.807) is 0 Å². The molecular formula is C21H22N4O3S. The summed E-state index contributed by atoms with van der Waals surface area (Å²) in [4.78, 5) is 27.1. The molecule has 3 aromatic rings. The van der Waals surface area contributed by atoms with Crippen molar-refractivity contribution in [2.75, 3.05) is 17.7 Å². The average molecular weight is 410 g/mol. The van der Waals surface area contributed by atoms with E-state index in [1.165, 1.54) is 0 Å². The van der Waals surface area contributed by atoms with E-state index < -0.39 is 0 Å². The first-order chi connectivity index (χ1) is 14.0. The number of hydrogen-bond donors (Lipinski definition) is 2. The Balaban J connectivity index is 1.56. The number of nitrogens with one attached hydrogen (secondary N) is 2. The van der Waals surface area contributed by atoms with Crippen molar-refractivity contribution in [1.29, 1.82) is 0 Å². The van der Waals surface area contributed by atoms with E-state index in [1.807, 2.05) is 62.4 Å². The Hall–Kier alpha value is -3.13. The standard InChI is InChI=1S/C21H22N4O3S/c1-3-28-17-9-7-15(8-10-17)12-18-20(27)23-21(25-24-18)29-13-19(26)22-16-6-4-5-14(2)11-16/h4-11H,3,12-13H2,1-2H3,(H,22,26)(H,23,25,27). The molecule has 29 heavy (non-hydrogen) atoms. The molecule has 1 amide bonds. The normalized spacial score (nSPS) is 10.6. The van der Waals surface area contributed by atoms with Gasteiger partial charge in [0.1, 0.15) is 11.4 Å². The van der Waals surface area contributed by atoms with Gasteiger partial charge in [0.25, 0.3) is 5.56 Å². The summed E-state index contributed by atoms with van der Waals surface area (Å²) >= 11 is 1.13. The number of benzene rings is 2. The number of H-pyrrole nitrogens is 1. The molecule has 0 saturated carbocycles. The molecule has 0 bridgehead atoms. The fourth-order valence-corrected chi connectivity index (χ4v) is 3.25. The first-order valence-corrected chi connectivity index (χ1v) is 10.2. The lowest BCUT2D eigenvalue weighted by atomic mass is 10.1. The van der Waals surface area contributed by atoms with Crippen LogP contribution < -0.4 is 15.6 Å². The summed E-state index contributed by atoms with van der Waals surface area (Å²) in [5.74, 6) is 0.727. The van der Waals surface area contributed by atoms with E-state index in [-0.39, 0.29) is 17.2 Å². The number of anilines is 1. The largest absolute Gasteiger partial charge is 0.494 e. The number of aromatic nitrogens is 3. The molecule has 0 aliphatic carbocycles. The molecule has 0 aliphatic rings. The minimum Gasteiger partial charge on any atom is -0.494 e. The summed E-state index contributed by atoms with van der Waals surface area (Å²) in [7, 11) is 0. The quantitative estimate of drug-likeness (QED) is 0.554. The first kappa shape index (κ1) is 20.6. The Kier molecular flexibility index (Phi) is 7.02. The lowest BCUT2D eigenvalue weighted by Gasteiger charge is -2.06. The second kappa shape index (κ2) is 9.88. The van der Waals surface area contributed by atoms with Gasteiger partial charge in [-0.2, -0.15) is 0 Å². The molecule has 7 nitrogen and oxygen atoms in total. The van der Waals surface area contributed by atoms with Crippen LogP contribution in [-0.2, 0) is 11.2 Å². The van der Waals surface area contributed by atoms with Gasteiger partial charge in [-0.1, -0.05) is 36.0 Å². The Morgan fingerprint density at radius 2 is 1.97 bits per heavy atom. The number of aromatic amines is 1. The summed E-state index contributed by atoms with van der Waals surface area (Å²) in [5.41, 5.74) is 2.75. The molecule has 0 spiro atoms. The fourth-order valence-electron chi connectivity index (χ4n) is 2.64. The molecule has 0 radical (unpaired) electrons. The molecule has 2 N–H and O–H groups in total. The van der Waals surface area contributed by atoms with Gasteiger partial charge in [-0.25, -0.2) is 0 Å². The molecule has 0 aliphatic heterocycles. The lowest BCUT2D eigenvalue weighted by Crippen LogP contribution is -2.19. The molecule has 0 atom stereocenters. The highest BCUT2D eigenvalue weighted by molar-refractivity contribution is 7.99. The minimum atomic E-state index is -0.310. The number of ether oxygens (including phenoxy) is 1. The van der Waals surface area contributed by atoms with Crippen molar-refractivity contribution in [3.8, 4) is 5.75 Å². The van der Waals surface area contributed by atoms with Crippen LogP contribution in [0.1, 0.15) is 23.7 Å². The van der Waals surface area contributed by atoms with E-state index in [0.29, 0.717) is 23.9 Å². The Morgan fingerprint density at radius 3 is 2.66 bits per heavy atom. The zero-order valence-corrected chi connectivity index (χ0v) is 17.1. The van der Waals surface area contributed by atoms with Gasteiger partial charge in [-0.05, 0) is 49.2 Å². The minimum absolute atomic E-state index is 0.122. The van der Waals surface area contributed by atoms with E-state index in [0.717, 1.165) is 34.3 Å². The van der Waals surface area contributed by atoms with Crippen LogP contribution in [0.15, 0.2) is 58.5 Å². The molecular weight excluding hydrogens is 388 g/mol. The number of nitrogens with zero attached hydrogens (tertiary/aromatic N) is 2. The predicted molar refractivity (Wildman–Crippen MR) is 114 cm³/mol. The van der Waals surface area contributed by atoms with E-state index in [2.05, 4.69) is 20.5 Å². The van der Waals surface area contributed by atoms with Crippen molar-refractivity contribution in [2.45, 2.75) is 25.4 Å². The van der Waals surface area contributed by atoms with Gasteiger partial charge in [-0.15, -0.1) is 10.2 Å². The van der Waals surface area contributed by atoms with E-state index in [9.17, 15) is 9.59 Å². The van der Waals surface area contributed by atoms with E-state index >= 15 is 0 Å². The molecule has 1 heterocycles. The summed E-state index contributed by atoms with van der Waals surface area (Å²) in [6, 6.07) is 15.1. The topological polar surface area (TPSA) is 97.0 Å². The van der Waals surface area contributed by atoms with Gasteiger partial charge >= 0.3 is 0 Å². The second-order valence-electron chi connectivity index (χ2n) is 6.37. The highest BCUT2D eigenvalue weighted by Crippen LogP contribution is 2.15. The fraction of sp³-hybridized carbons (Fsp3) is 0.238. The zero-order valence-electron chi connectivity index (χ0n) is 16.3. The highest BCUT2D eigenvalue weighted by Gasteiger charge is 2.09. The lowest BCUT2D eigenvalue weighted by molar-refractivity contribution is -0.113. The molecule has 2 aromatic carbocycles. The van der Waals surface area contributed by atoms with Gasteiger partial charge in [0.05, 0.1) is 12.4 Å². The van der Waals surface area contributed by atoms with Crippen molar-refractivity contribution < 1.29 is 9.53 Å². The number of amides is 1. The molecule has 0 saturated heterocycles. The van der Waals surface area contributed by atoms with Gasteiger partial charge in [-0.3, -0.25) is 14.6 Å². The summed E-state index contributed by atoms with van der Waals surface area (Å²) in [6.07, 6.45) is 0.369. The first-order valence-electron chi connectivity index (χ1n) is 9.20. The maximum absolute atomic E-state index is 12.3. The highest BCUT2D eigenvalue weighted by atomic mass is 32.2. The Labute approximate surface area is 172 Å². The van der Waals surface area contributed by atoms with Crippen LogP contribution in [0.2, 0.25) is 0 Å². The predicted octanol–water partition coefficient (Wildman–Crippen LogP) is 3.19. The van der Waals surface area contributed by atoms with Crippen LogP contribution in [0.25, 0.3) is 0 Å². The monoisotopic (exact) mass is 410 g/mol. The summed E-state index contributed by atoms with van der Waals surface area (Å²) in [6.45, 7) is 4.49. The SMILES string of the molecule is CCOc1ccc(Cc2nnc(SCC(=O)Nc3cccc(C)c3)[nH]c2=O)cc1. The third-order valence-corrected chi connectivity index (χ3v) is 4.86. The maximum Gasteiger partial charge on any atom is 0.273 e. The third kappa shape index (κ3) is 6.18. The molecule has 150 valence electrons. The number of hydrogen-bond acceptors (Lipinski definition) is 6. The number of thioether (sulfide) groups is 1. The van der Waals surface area contributed by atoms with Gasteiger partial charge in [0, 0.05) is 12.1 Å². The van der Waals surface area contributed by atoms with Crippen LogP contribution in [0.3, 0.4) is 0 Å². The van der Waals surface area contributed by atoms with Crippen LogP contribution in [0.4, 0.5) is 5.69 Å². The Morgan fingerprint density at radius 1 is 1.17 bits per heavy atom. The number of carbonyl (C=O) groups excluding carboxylic acids is 1. The van der Waals surface area contributed by atoms with Crippen LogP contribution in [0.5, 0.6) is 5.75 Å². The molecule has 0 unspecified atom stereocenters. The van der Waals surface area contributed by atoms with Crippen LogP contribution >= 0.6 is 11.8 Å². The number of aryl methyl sites for hydroxylation is 1. The van der Waals surface area contributed by atoms with Crippen molar-refractivity contribution >= 4 is 23.4 Å². The van der Waals surface area contributed by atoms with Crippen LogP contribution in [-0.4, -0.2) is 33.4 Å². The zero-order chi connectivity index (χ0) is 20.6. The molecule has 3 rings (SSSR count). The third-order valence-electron chi connectivity index (χ3n) is 3.99. The van der Waals surface area contributed by atoms with Gasteiger partial charge < -0.3 is 10.1 Å². The molecule has 0 fully saturated rings. The average Bonchev–Trinajstić information content (AvgIpc) is 2.70. The molecule has 8 heteroatoms. The van der Waals surface area contributed by atoms with E-state index in [4.69, 9.17) is 4.74 Å². The maximum atomic E-state index is 12.3. The summed E-state index contributed by atoms with van der Waals surface area (Å²) in [5, 5.41) is 11.2. The summed E-state index contributed by atoms with van der Waals surface area (Å²) < 4.78 is 5.41. The number of carbonyl (C=O) groups is 1. The second-order valence-corrected chi connectivity index (χ2v) is 7.33.